The van der Waals surface area contributed by atoms with Gasteiger partial charge in [0, 0.05) is 25.3 Å². The van der Waals surface area contributed by atoms with Gasteiger partial charge in [-0.3, -0.25) is 4.98 Å². The van der Waals surface area contributed by atoms with E-state index in [9.17, 15) is 0 Å². The fraction of sp³-hybridized carbons (Fsp3) is 0.444. The van der Waals surface area contributed by atoms with Crippen LogP contribution in [0.5, 0.6) is 0 Å². The Morgan fingerprint density at radius 2 is 2.50 bits per heavy atom. The highest BCUT2D eigenvalue weighted by Gasteiger charge is 2.18. The first-order chi connectivity index (χ1) is 5.86. The van der Waals surface area contributed by atoms with E-state index in [1.807, 2.05) is 12.3 Å². The number of nitrogens with two attached hydrogens (primary N) is 1. The summed E-state index contributed by atoms with van der Waals surface area (Å²) in [6.07, 6.45) is 4.77. The zero-order valence-corrected chi connectivity index (χ0v) is 6.98. The second kappa shape index (κ2) is 3.11. The van der Waals surface area contributed by atoms with Crippen molar-refractivity contribution >= 4 is 5.69 Å². The smallest absolute Gasteiger partial charge is 0.0553 e. The van der Waals surface area contributed by atoms with Crippen molar-refractivity contribution < 1.29 is 0 Å². The van der Waals surface area contributed by atoms with Gasteiger partial charge >= 0.3 is 0 Å². The number of nitrogens with zero attached hydrogens (tertiary/aromatic N) is 2. The minimum Gasteiger partial charge on any atom is -0.369 e. The summed E-state index contributed by atoms with van der Waals surface area (Å²) in [7, 11) is 0. The Hall–Kier alpha value is -1.09. The van der Waals surface area contributed by atoms with Crippen molar-refractivity contribution in [2.24, 2.45) is 5.73 Å². The van der Waals surface area contributed by atoms with Crippen molar-refractivity contribution in [3.63, 3.8) is 0 Å². The number of aromatic nitrogens is 1. The lowest BCUT2D eigenvalue weighted by Gasteiger charge is -2.16. The molecule has 3 heteroatoms. The first kappa shape index (κ1) is 7.55. The summed E-state index contributed by atoms with van der Waals surface area (Å²) in [5.41, 5.74) is 6.99. The molecule has 0 spiro atoms. The molecule has 3 nitrogen and oxygen atoms in total. The van der Waals surface area contributed by atoms with Crippen molar-refractivity contribution in [3.05, 3.63) is 24.5 Å². The molecular formula is C9H13N3. The van der Waals surface area contributed by atoms with Gasteiger partial charge < -0.3 is 10.6 Å². The first-order valence-electron chi connectivity index (χ1n) is 4.27. The maximum absolute atomic E-state index is 5.80. The zero-order chi connectivity index (χ0) is 8.39. The summed E-state index contributed by atoms with van der Waals surface area (Å²) in [6, 6.07) is 4.37. The summed E-state index contributed by atoms with van der Waals surface area (Å²) in [6.45, 7) is 2.03. The lowest BCUT2D eigenvalue weighted by molar-refractivity contribution is 0.752. The Morgan fingerprint density at radius 3 is 3.08 bits per heavy atom. The molecule has 0 amide bonds. The van der Waals surface area contributed by atoms with Gasteiger partial charge in [-0.25, -0.2) is 0 Å². The molecular weight excluding hydrogens is 150 g/mol. The zero-order valence-electron chi connectivity index (χ0n) is 6.98. The van der Waals surface area contributed by atoms with E-state index in [0.717, 1.165) is 19.5 Å². The molecule has 0 aliphatic carbocycles. The number of hydrogen-bond donors (Lipinski definition) is 1. The van der Waals surface area contributed by atoms with Crippen LogP contribution >= 0.6 is 0 Å². The minimum absolute atomic E-state index is 0.338. The monoisotopic (exact) mass is 163 g/mol. The van der Waals surface area contributed by atoms with Gasteiger partial charge in [-0.2, -0.15) is 0 Å². The average Bonchev–Trinajstić information content (AvgIpc) is 2.54. The third-order valence-electron chi connectivity index (χ3n) is 2.24. The Bertz CT molecular complexity index is 247. The Kier molecular flexibility index (Phi) is 1.96. The number of hydrogen-bond acceptors (Lipinski definition) is 3. The molecule has 0 radical (unpaired) electrons. The molecule has 1 saturated heterocycles. The van der Waals surface area contributed by atoms with Gasteiger partial charge in [0.2, 0.25) is 0 Å². The molecule has 0 unspecified atom stereocenters. The SMILES string of the molecule is N[C@H]1CCN(c2cccnc2)C1. The van der Waals surface area contributed by atoms with E-state index in [2.05, 4.69) is 16.0 Å². The second-order valence-corrected chi connectivity index (χ2v) is 3.21. The number of anilines is 1. The van der Waals surface area contributed by atoms with Gasteiger partial charge in [0.25, 0.3) is 0 Å². The van der Waals surface area contributed by atoms with Crippen LogP contribution in [0, 0.1) is 0 Å². The normalized spacial score (nSPS) is 23.1. The molecule has 2 heterocycles. The third kappa shape index (κ3) is 1.41. The molecule has 1 aliphatic heterocycles. The molecule has 1 aromatic heterocycles. The van der Waals surface area contributed by atoms with Crippen LogP contribution in [-0.4, -0.2) is 24.1 Å². The number of rotatable bonds is 1. The minimum atomic E-state index is 0.338. The Balaban J connectivity index is 2.11. The molecule has 0 aromatic carbocycles. The quantitative estimate of drug-likeness (QED) is 0.660. The van der Waals surface area contributed by atoms with Crippen molar-refractivity contribution in [1.29, 1.82) is 0 Å². The molecule has 0 bridgehead atoms. The summed E-state index contributed by atoms with van der Waals surface area (Å²) in [5, 5.41) is 0. The van der Waals surface area contributed by atoms with Crippen molar-refractivity contribution in [2.45, 2.75) is 12.5 Å². The molecule has 2 N–H and O–H groups in total. The number of pyridine rings is 1. The van der Waals surface area contributed by atoms with Crippen LogP contribution in [0.2, 0.25) is 0 Å². The Labute approximate surface area is 72.2 Å². The van der Waals surface area contributed by atoms with E-state index >= 15 is 0 Å². The van der Waals surface area contributed by atoms with Crippen molar-refractivity contribution in [1.82, 2.24) is 4.98 Å². The maximum atomic E-state index is 5.80. The third-order valence-corrected chi connectivity index (χ3v) is 2.24. The van der Waals surface area contributed by atoms with Gasteiger partial charge in [-0.1, -0.05) is 0 Å². The lowest BCUT2D eigenvalue weighted by atomic mass is 10.3. The van der Waals surface area contributed by atoms with Crippen LogP contribution < -0.4 is 10.6 Å². The van der Waals surface area contributed by atoms with Crippen LogP contribution in [0.4, 0.5) is 5.69 Å². The molecule has 1 fully saturated rings. The van der Waals surface area contributed by atoms with Crippen LogP contribution in [0.15, 0.2) is 24.5 Å². The van der Waals surface area contributed by atoms with Gasteiger partial charge in [0.1, 0.15) is 0 Å². The maximum Gasteiger partial charge on any atom is 0.0553 e. The van der Waals surface area contributed by atoms with E-state index < -0.39 is 0 Å². The summed E-state index contributed by atoms with van der Waals surface area (Å²) < 4.78 is 0. The first-order valence-corrected chi connectivity index (χ1v) is 4.27. The van der Waals surface area contributed by atoms with Crippen LogP contribution in [0.1, 0.15) is 6.42 Å². The van der Waals surface area contributed by atoms with Crippen molar-refractivity contribution in [2.75, 3.05) is 18.0 Å². The van der Waals surface area contributed by atoms with Gasteiger partial charge in [-0.15, -0.1) is 0 Å². The van der Waals surface area contributed by atoms with E-state index in [4.69, 9.17) is 5.73 Å². The van der Waals surface area contributed by atoms with Crippen LogP contribution in [-0.2, 0) is 0 Å². The second-order valence-electron chi connectivity index (χ2n) is 3.21. The highest BCUT2D eigenvalue weighted by atomic mass is 15.2. The van der Waals surface area contributed by atoms with E-state index in [1.54, 1.807) is 6.20 Å². The highest BCUT2D eigenvalue weighted by Crippen LogP contribution is 2.17. The van der Waals surface area contributed by atoms with E-state index in [-0.39, 0.29) is 0 Å². The molecule has 1 aromatic rings. The van der Waals surface area contributed by atoms with Crippen LogP contribution in [0.25, 0.3) is 0 Å². The fourth-order valence-electron chi connectivity index (χ4n) is 1.56. The van der Waals surface area contributed by atoms with E-state index in [0.29, 0.717) is 6.04 Å². The Morgan fingerprint density at radius 1 is 1.58 bits per heavy atom. The average molecular weight is 163 g/mol. The molecule has 1 atom stereocenters. The topological polar surface area (TPSA) is 42.1 Å². The van der Waals surface area contributed by atoms with Gasteiger partial charge in [-0.05, 0) is 18.6 Å². The summed E-state index contributed by atoms with van der Waals surface area (Å²) >= 11 is 0. The molecule has 1 aliphatic rings. The standard InChI is InChI=1S/C9H13N3/c10-8-3-5-12(7-8)9-2-1-4-11-6-9/h1-2,4,6,8H,3,5,7,10H2/t8-/m0/s1. The van der Waals surface area contributed by atoms with Gasteiger partial charge in [0.15, 0.2) is 0 Å². The lowest BCUT2D eigenvalue weighted by Crippen LogP contribution is -2.26. The molecule has 2 rings (SSSR count). The fourth-order valence-corrected chi connectivity index (χ4v) is 1.56. The highest BCUT2D eigenvalue weighted by molar-refractivity contribution is 5.44. The molecule has 12 heavy (non-hydrogen) atoms. The molecule has 64 valence electrons. The molecule has 0 saturated carbocycles. The van der Waals surface area contributed by atoms with E-state index in [1.165, 1.54) is 5.69 Å². The largest absolute Gasteiger partial charge is 0.369 e. The van der Waals surface area contributed by atoms with Crippen molar-refractivity contribution in [3.8, 4) is 0 Å². The van der Waals surface area contributed by atoms with Crippen LogP contribution in [0.3, 0.4) is 0 Å². The predicted octanol–water partition coefficient (Wildman–Crippen LogP) is 0.619. The summed E-state index contributed by atoms with van der Waals surface area (Å²) in [5.74, 6) is 0. The summed E-state index contributed by atoms with van der Waals surface area (Å²) in [4.78, 5) is 6.35. The van der Waals surface area contributed by atoms with Gasteiger partial charge in [0.05, 0.1) is 11.9 Å². The predicted molar refractivity (Wildman–Crippen MR) is 49.0 cm³/mol.